The minimum atomic E-state index is -0.259. The van der Waals surface area contributed by atoms with Crippen molar-refractivity contribution < 1.29 is 14.6 Å². The molecule has 0 aromatic heterocycles. The van der Waals surface area contributed by atoms with Crippen molar-refractivity contribution >= 4 is 6.08 Å². The molecule has 0 heterocycles. The lowest BCUT2D eigenvalue weighted by Crippen LogP contribution is -2.15. The van der Waals surface area contributed by atoms with Gasteiger partial charge in [0.15, 0.2) is 11.5 Å². The largest absolute Gasteiger partial charge is 0.504 e. The summed E-state index contributed by atoms with van der Waals surface area (Å²) in [5, 5.41) is 9.35. The first kappa shape index (κ1) is 10.3. The van der Waals surface area contributed by atoms with E-state index in [1.807, 2.05) is 0 Å². The van der Waals surface area contributed by atoms with Crippen LogP contribution >= 0.6 is 0 Å². The third-order valence-electron chi connectivity index (χ3n) is 1.61. The van der Waals surface area contributed by atoms with Crippen molar-refractivity contribution in [3.63, 3.8) is 0 Å². The molecule has 1 unspecified atom stereocenters. The van der Waals surface area contributed by atoms with E-state index < -0.39 is 0 Å². The average Bonchev–Trinajstić information content (AvgIpc) is 2.18. The lowest BCUT2D eigenvalue weighted by atomic mass is 10.3. The number of benzene rings is 1. The van der Waals surface area contributed by atoms with E-state index in [-0.39, 0.29) is 18.4 Å². The van der Waals surface area contributed by atoms with Crippen molar-refractivity contribution in [3.05, 3.63) is 24.3 Å². The number of hydrogen-bond acceptors (Lipinski definition) is 4. The number of para-hydroxylation sites is 2. The zero-order chi connectivity index (χ0) is 10.4. The molecule has 0 aliphatic heterocycles. The first-order valence-electron chi connectivity index (χ1n) is 4.22. The second-order valence-corrected chi connectivity index (χ2v) is 2.83. The van der Waals surface area contributed by atoms with Crippen molar-refractivity contribution in [1.82, 2.24) is 0 Å². The van der Waals surface area contributed by atoms with E-state index in [2.05, 4.69) is 4.99 Å². The highest BCUT2D eigenvalue weighted by atomic mass is 16.5. The van der Waals surface area contributed by atoms with Crippen molar-refractivity contribution in [2.45, 2.75) is 13.0 Å². The fraction of sp³-hybridized carbons (Fsp3) is 0.300. The second-order valence-electron chi connectivity index (χ2n) is 2.83. The van der Waals surface area contributed by atoms with Crippen molar-refractivity contribution in [3.8, 4) is 11.5 Å². The Morgan fingerprint density at radius 3 is 2.93 bits per heavy atom. The Morgan fingerprint density at radius 1 is 1.57 bits per heavy atom. The van der Waals surface area contributed by atoms with E-state index in [0.29, 0.717) is 5.75 Å². The van der Waals surface area contributed by atoms with Crippen LogP contribution in [0.2, 0.25) is 0 Å². The normalized spacial score (nSPS) is 11.5. The molecule has 4 heteroatoms. The topological polar surface area (TPSA) is 58.9 Å². The summed E-state index contributed by atoms with van der Waals surface area (Å²) in [5.74, 6) is 0.468. The number of phenolic OH excluding ortho intramolecular Hbond substituents is 1. The number of nitrogens with zero attached hydrogens (tertiary/aromatic N) is 1. The maximum atomic E-state index is 9.83. The van der Waals surface area contributed by atoms with Crippen LogP contribution in [0.3, 0.4) is 0 Å². The molecule has 74 valence electrons. The Morgan fingerprint density at radius 2 is 2.29 bits per heavy atom. The van der Waals surface area contributed by atoms with E-state index in [1.54, 1.807) is 25.1 Å². The van der Waals surface area contributed by atoms with E-state index >= 15 is 0 Å². The van der Waals surface area contributed by atoms with Crippen LogP contribution in [0.15, 0.2) is 29.3 Å². The molecule has 4 nitrogen and oxygen atoms in total. The number of aliphatic imine (C=N–C) groups is 1. The molecule has 0 saturated heterocycles. The lowest BCUT2D eigenvalue weighted by Gasteiger charge is -2.12. The zero-order valence-electron chi connectivity index (χ0n) is 7.80. The third-order valence-corrected chi connectivity index (χ3v) is 1.61. The van der Waals surface area contributed by atoms with Crippen LogP contribution in [0, 0.1) is 0 Å². The molecule has 1 aromatic rings. The van der Waals surface area contributed by atoms with Crippen LogP contribution in [0.25, 0.3) is 0 Å². The number of hydrogen-bond donors (Lipinski definition) is 1. The average molecular weight is 193 g/mol. The fourth-order valence-corrected chi connectivity index (χ4v) is 0.977. The van der Waals surface area contributed by atoms with Crippen molar-refractivity contribution in [2.24, 2.45) is 4.99 Å². The molecule has 14 heavy (non-hydrogen) atoms. The minimum absolute atomic E-state index is 0.0782. The number of phenols is 1. The number of aromatic hydroxyl groups is 1. The third kappa shape index (κ3) is 2.92. The van der Waals surface area contributed by atoms with Crippen LogP contribution in [-0.2, 0) is 4.79 Å². The molecule has 0 bridgehead atoms. The smallest absolute Gasteiger partial charge is 0.235 e. The molecule has 0 radical (unpaired) electrons. The summed E-state index contributed by atoms with van der Waals surface area (Å²) in [5.41, 5.74) is 0. The van der Waals surface area contributed by atoms with Gasteiger partial charge in [0.2, 0.25) is 6.08 Å². The van der Waals surface area contributed by atoms with Gasteiger partial charge in [0.25, 0.3) is 0 Å². The predicted molar refractivity (Wildman–Crippen MR) is 51.2 cm³/mol. The molecule has 0 amide bonds. The number of isocyanates is 1. The van der Waals surface area contributed by atoms with Gasteiger partial charge in [-0.1, -0.05) is 12.1 Å². The quantitative estimate of drug-likeness (QED) is 0.582. The first-order chi connectivity index (χ1) is 6.74. The van der Waals surface area contributed by atoms with E-state index in [0.717, 1.165) is 0 Å². The van der Waals surface area contributed by atoms with Crippen molar-refractivity contribution in [1.29, 1.82) is 0 Å². The summed E-state index contributed by atoms with van der Waals surface area (Å²) < 4.78 is 5.32. The molecular formula is C10H11NO3. The summed E-state index contributed by atoms with van der Waals surface area (Å²) in [4.78, 5) is 13.2. The molecule has 1 N–H and O–H groups in total. The van der Waals surface area contributed by atoms with Crippen LogP contribution in [-0.4, -0.2) is 23.8 Å². The SMILES string of the molecule is CC(CN=C=O)Oc1ccccc1O. The lowest BCUT2D eigenvalue weighted by molar-refractivity contribution is 0.221. The molecular weight excluding hydrogens is 182 g/mol. The van der Waals surface area contributed by atoms with Gasteiger partial charge in [-0.15, -0.1) is 0 Å². The Balaban J connectivity index is 2.60. The molecule has 1 rings (SSSR count). The molecule has 1 aromatic carbocycles. The summed E-state index contributed by atoms with van der Waals surface area (Å²) >= 11 is 0. The van der Waals surface area contributed by atoms with Gasteiger partial charge < -0.3 is 9.84 Å². The number of ether oxygens (including phenoxy) is 1. The van der Waals surface area contributed by atoms with Crippen LogP contribution in [0.4, 0.5) is 0 Å². The maximum absolute atomic E-state index is 9.83. The minimum Gasteiger partial charge on any atom is -0.504 e. The molecule has 1 atom stereocenters. The number of carbonyl (C=O) groups excluding carboxylic acids is 1. The fourth-order valence-electron chi connectivity index (χ4n) is 0.977. The van der Waals surface area contributed by atoms with Crippen LogP contribution in [0.1, 0.15) is 6.92 Å². The van der Waals surface area contributed by atoms with E-state index in [4.69, 9.17) is 4.74 Å². The highest BCUT2D eigenvalue weighted by molar-refractivity contribution is 5.38. The van der Waals surface area contributed by atoms with Gasteiger partial charge in [-0.25, -0.2) is 9.79 Å². The van der Waals surface area contributed by atoms with E-state index in [1.165, 1.54) is 12.1 Å². The van der Waals surface area contributed by atoms with Gasteiger partial charge >= 0.3 is 0 Å². The van der Waals surface area contributed by atoms with Gasteiger partial charge in [-0.05, 0) is 19.1 Å². The van der Waals surface area contributed by atoms with Gasteiger partial charge in [0.1, 0.15) is 6.10 Å². The Labute approximate surface area is 81.9 Å². The van der Waals surface area contributed by atoms with Gasteiger partial charge in [-0.3, -0.25) is 0 Å². The van der Waals surface area contributed by atoms with Crippen LogP contribution < -0.4 is 4.74 Å². The van der Waals surface area contributed by atoms with Crippen molar-refractivity contribution in [2.75, 3.05) is 6.54 Å². The standard InChI is InChI=1S/C10H11NO3/c1-8(6-11-7-12)14-10-5-3-2-4-9(10)13/h2-5,8,13H,6H2,1H3. The number of rotatable bonds is 4. The summed E-state index contributed by atoms with van der Waals surface area (Å²) in [6, 6.07) is 6.64. The molecule has 0 aliphatic carbocycles. The van der Waals surface area contributed by atoms with Crippen LogP contribution in [0.5, 0.6) is 11.5 Å². The van der Waals surface area contributed by atoms with Gasteiger partial charge in [0.05, 0.1) is 6.54 Å². The van der Waals surface area contributed by atoms with E-state index in [9.17, 15) is 9.90 Å². The predicted octanol–water partition coefficient (Wildman–Crippen LogP) is 1.50. The Kier molecular flexibility index (Phi) is 3.70. The molecule has 0 saturated carbocycles. The Hall–Kier alpha value is -1.80. The molecule has 0 spiro atoms. The maximum Gasteiger partial charge on any atom is 0.235 e. The Bertz CT molecular complexity index is 345. The van der Waals surface area contributed by atoms with Gasteiger partial charge in [-0.2, -0.15) is 0 Å². The summed E-state index contributed by atoms with van der Waals surface area (Å²) in [6.45, 7) is 1.99. The van der Waals surface area contributed by atoms with Gasteiger partial charge in [0, 0.05) is 0 Å². The monoisotopic (exact) mass is 193 g/mol. The second kappa shape index (κ2) is 5.04. The molecule has 0 fully saturated rings. The summed E-state index contributed by atoms with van der Waals surface area (Å²) in [6.07, 6.45) is 1.17. The summed E-state index contributed by atoms with van der Waals surface area (Å²) in [7, 11) is 0. The highest BCUT2D eigenvalue weighted by Gasteiger charge is 2.05. The zero-order valence-corrected chi connectivity index (χ0v) is 7.80. The highest BCUT2D eigenvalue weighted by Crippen LogP contribution is 2.25. The molecule has 0 aliphatic rings. The first-order valence-corrected chi connectivity index (χ1v) is 4.22.